The molecule has 6 heteroatoms. The van der Waals surface area contributed by atoms with Gasteiger partial charge in [-0.25, -0.2) is 9.37 Å². The summed E-state index contributed by atoms with van der Waals surface area (Å²) in [5.74, 6) is 4.20. The van der Waals surface area contributed by atoms with Crippen molar-refractivity contribution in [1.82, 2.24) is 4.98 Å². The Kier molecular flexibility index (Phi) is 4.88. The first-order valence-corrected chi connectivity index (χ1v) is 6.30. The second-order valence-corrected chi connectivity index (χ2v) is 4.40. The number of pyridine rings is 1. The second kappa shape index (κ2) is 6.84. The molecule has 4 nitrogen and oxygen atoms in total. The Hall–Kier alpha value is -2.42. The number of amides is 1. The number of halogens is 2. The summed E-state index contributed by atoms with van der Waals surface area (Å²) in [6.45, 7) is -0.350. The zero-order valence-electron chi connectivity index (χ0n) is 10.7. The van der Waals surface area contributed by atoms with Gasteiger partial charge < -0.3 is 10.4 Å². The third-order valence-corrected chi connectivity index (χ3v) is 2.72. The molecule has 0 radical (unpaired) electrons. The van der Waals surface area contributed by atoms with Crippen LogP contribution in [0.3, 0.4) is 0 Å². The minimum absolute atomic E-state index is 0.0627. The van der Waals surface area contributed by atoms with Crippen LogP contribution in [-0.4, -0.2) is 22.6 Å². The molecule has 0 fully saturated rings. The molecule has 0 atom stereocenters. The molecule has 0 bridgehead atoms. The average molecular weight is 305 g/mol. The van der Waals surface area contributed by atoms with Crippen molar-refractivity contribution in [2.75, 3.05) is 11.9 Å². The van der Waals surface area contributed by atoms with E-state index in [2.05, 4.69) is 22.1 Å². The van der Waals surface area contributed by atoms with Crippen molar-refractivity contribution in [3.8, 4) is 11.8 Å². The number of nitrogens with one attached hydrogen (secondary N) is 1. The van der Waals surface area contributed by atoms with Gasteiger partial charge in [0.2, 0.25) is 0 Å². The van der Waals surface area contributed by atoms with E-state index >= 15 is 0 Å². The molecule has 106 valence electrons. The Bertz CT molecular complexity index is 721. The average Bonchev–Trinajstić information content (AvgIpc) is 2.48. The largest absolute Gasteiger partial charge is 0.384 e. The highest BCUT2D eigenvalue weighted by Gasteiger charge is 2.12. The van der Waals surface area contributed by atoms with Crippen LogP contribution in [0.2, 0.25) is 5.02 Å². The molecule has 0 saturated carbocycles. The highest BCUT2D eigenvalue weighted by molar-refractivity contribution is 6.30. The summed E-state index contributed by atoms with van der Waals surface area (Å²) < 4.78 is 13.3. The molecule has 1 heterocycles. The van der Waals surface area contributed by atoms with Crippen LogP contribution in [0.15, 0.2) is 36.5 Å². The number of hydrogen-bond donors (Lipinski definition) is 2. The molecule has 2 N–H and O–H groups in total. The van der Waals surface area contributed by atoms with Crippen molar-refractivity contribution < 1.29 is 14.3 Å². The Morgan fingerprint density at radius 2 is 2.19 bits per heavy atom. The molecule has 1 amide bonds. The van der Waals surface area contributed by atoms with E-state index in [-0.39, 0.29) is 18.0 Å². The maximum atomic E-state index is 13.3. The number of anilines is 1. The number of aliphatic hydroxyl groups is 1. The smallest absolute Gasteiger partial charge is 0.258 e. The Morgan fingerprint density at radius 3 is 2.86 bits per heavy atom. The summed E-state index contributed by atoms with van der Waals surface area (Å²) >= 11 is 5.70. The molecule has 0 saturated heterocycles. The molecule has 1 aromatic carbocycles. The van der Waals surface area contributed by atoms with Crippen molar-refractivity contribution in [3.05, 3.63) is 58.5 Å². The van der Waals surface area contributed by atoms with Gasteiger partial charge in [-0.1, -0.05) is 23.4 Å². The predicted molar refractivity (Wildman–Crippen MR) is 77.6 cm³/mol. The summed E-state index contributed by atoms with van der Waals surface area (Å²) in [5, 5.41) is 11.7. The van der Waals surface area contributed by atoms with E-state index in [1.165, 1.54) is 24.4 Å². The molecule has 1 aromatic heterocycles. The number of carbonyl (C=O) groups excluding carboxylic acids is 1. The number of rotatable bonds is 2. The van der Waals surface area contributed by atoms with Crippen LogP contribution in [0.25, 0.3) is 0 Å². The minimum Gasteiger partial charge on any atom is -0.384 e. The van der Waals surface area contributed by atoms with Crippen molar-refractivity contribution in [1.29, 1.82) is 0 Å². The predicted octanol–water partition coefficient (Wildman–Crippen LogP) is 2.47. The van der Waals surface area contributed by atoms with Gasteiger partial charge in [-0.15, -0.1) is 0 Å². The lowest BCUT2D eigenvalue weighted by atomic mass is 10.1. The number of aliphatic hydroxyl groups excluding tert-OH is 1. The quantitative estimate of drug-likeness (QED) is 0.838. The normalized spacial score (nSPS) is 9.67. The Balaban J connectivity index is 2.29. The molecule has 0 aliphatic carbocycles. The monoisotopic (exact) mass is 304 g/mol. The SMILES string of the molecule is O=C(Nc1ccc(Cl)cn1)c1cc(F)ccc1C#CCO. The lowest BCUT2D eigenvalue weighted by molar-refractivity contribution is 0.102. The van der Waals surface area contributed by atoms with Gasteiger partial charge in [0.25, 0.3) is 5.91 Å². The maximum Gasteiger partial charge on any atom is 0.258 e. The van der Waals surface area contributed by atoms with Crippen LogP contribution in [0.5, 0.6) is 0 Å². The number of aromatic nitrogens is 1. The molecular weight excluding hydrogens is 295 g/mol. The molecule has 0 spiro atoms. The number of hydrogen-bond acceptors (Lipinski definition) is 3. The molecule has 0 aliphatic rings. The van der Waals surface area contributed by atoms with Crippen LogP contribution in [0.4, 0.5) is 10.2 Å². The van der Waals surface area contributed by atoms with Gasteiger partial charge >= 0.3 is 0 Å². The summed E-state index contributed by atoms with van der Waals surface area (Å²) in [6, 6.07) is 6.74. The highest BCUT2D eigenvalue weighted by atomic mass is 35.5. The second-order valence-electron chi connectivity index (χ2n) is 3.97. The Morgan fingerprint density at radius 1 is 1.38 bits per heavy atom. The molecule has 0 unspecified atom stereocenters. The third-order valence-electron chi connectivity index (χ3n) is 2.50. The van der Waals surface area contributed by atoms with Crippen LogP contribution in [0.1, 0.15) is 15.9 Å². The summed E-state index contributed by atoms with van der Waals surface area (Å²) in [5.41, 5.74) is 0.379. The van der Waals surface area contributed by atoms with E-state index in [0.717, 1.165) is 6.07 Å². The van der Waals surface area contributed by atoms with Gasteiger partial charge in [0.1, 0.15) is 18.2 Å². The summed E-state index contributed by atoms with van der Waals surface area (Å²) in [4.78, 5) is 16.1. The topological polar surface area (TPSA) is 62.2 Å². The standard InChI is InChI=1S/C15H10ClFN2O2/c16-11-4-6-14(18-9-11)19-15(21)13-8-12(17)5-3-10(13)2-1-7-20/h3-6,8-9,20H,7H2,(H,18,19,21). The van der Waals surface area contributed by atoms with E-state index in [9.17, 15) is 9.18 Å². The van der Waals surface area contributed by atoms with E-state index in [4.69, 9.17) is 16.7 Å². The number of benzene rings is 1. The van der Waals surface area contributed by atoms with Crippen LogP contribution in [-0.2, 0) is 0 Å². The zero-order valence-corrected chi connectivity index (χ0v) is 11.5. The molecule has 2 rings (SSSR count). The van der Waals surface area contributed by atoms with Gasteiger partial charge in [-0.3, -0.25) is 4.79 Å². The van der Waals surface area contributed by atoms with Crippen molar-refractivity contribution in [2.45, 2.75) is 0 Å². The fourth-order valence-electron chi connectivity index (χ4n) is 1.58. The van der Waals surface area contributed by atoms with Gasteiger partial charge in [0.05, 0.1) is 10.6 Å². The lowest BCUT2D eigenvalue weighted by Gasteiger charge is -2.06. The van der Waals surface area contributed by atoms with E-state index in [1.807, 2.05) is 0 Å². The van der Waals surface area contributed by atoms with Gasteiger partial charge in [0.15, 0.2) is 0 Å². The minimum atomic E-state index is -0.557. The van der Waals surface area contributed by atoms with Crippen molar-refractivity contribution >= 4 is 23.3 Å². The zero-order chi connectivity index (χ0) is 15.2. The van der Waals surface area contributed by atoms with Gasteiger partial charge in [-0.2, -0.15) is 0 Å². The Labute approximate surface area is 125 Å². The van der Waals surface area contributed by atoms with Crippen LogP contribution < -0.4 is 5.32 Å². The maximum absolute atomic E-state index is 13.3. The third kappa shape index (κ3) is 4.02. The van der Waals surface area contributed by atoms with Crippen LogP contribution in [0, 0.1) is 17.7 Å². The van der Waals surface area contributed by atoms with E-state index in [1.54, 1.807) is 6.07 Å². The summed E-state index contributed by atoms with van der Waals surface area (Å²) in [7, 11) is 0. The van der Waals surface area contributed by atoms with Gasteiger partial charge in [-0.05, 0) is 30.3 Å². The van der Waals surface area contributed by atoms with Gasteiger partial charge in [0, 0.05) is 11.8 Å². The van der Waals surface area contributed by atoms with Crippen molar-refractivity contribution in [2.24, 2.45) is 0 Å². The first-order chi connectivity index (χ1) is 10.1. The fourth-order valence-corrected chi connectivity index (χ4v) is 1.69. The van der Waals surface area contributed by atoms with Crippen molar-refractivity contribution in [3.63, 3.8) is 0 Å². The first kappa shape index (κ1) is 15.0. The van der Waals surface area contributed by atoms with E-state index < -0.39 is 11.7 Å². The molecule has 21 heavy (non-hydrogen) atoms. The molecule has 2 aromatic rings. The molecular formula is C15H10ClFN2O2. The lowest BCUT2D eigenvalue weighted by Crippen LogP contribution is -2.14. The highest BCUT2D eigenvalue weighted by Crippen LogP contribution is 2.14. The van der Waals surface area contributed by atoms with Crippen LogP contribution >= 0.6 is 11.6 Å². The first-order valence-electron chi connectivity index (χ1n) is 5.92. The summed E-state index contributed by atoms with van der Waals surface area (Å²) in [6.07, 6.45) is 1.38. The molecule has 0 aliphatic heterocycles. The number of carbonyl (C=O) groups is 1. The van der Waals surface area contributed by atoms with E-state index in [0.29, 0.717) is 10.6 Å². The fraction of sp³-hybridized carbons (Fsp3) is 0.0667. The number of nitrogens with zero attached hydrogens (tertiary/aromatic N) is 1.